The molecule has 0 bridgehead atoms. The molecule has 0 spiro atoms. The highest BCUT2D eigenvalue weighted by molar-refractivity contribution is 6.30. The Kier molecular flexibility index (Phi) is 5.16. The zero-order valence-electron chi connectivity index (χ0n) is 13.5. The molecule has 1 amide bonds. The molecular formula is C19H16ClN3O2. The van der Waals surface area contributed by atoms with E-state index in [-0.39, 0.29) is 5.91 Å². The van der Waals surface area contributed by atoms with Gasteiger partial charge in [-0.05, 0) is 42.5 Å². The maximum Gasteiger partial charge on any atom is 0.257 e. The van der Waals surface area contributed by atoms with Crippen LogP contribution in [0.2, 0.25) is 5.02 Å². The van der Waals surface area contributed by atoms with Crippen LogP contribution in [0.15, 0.2) is 66.9 Å². The third-order valence-electron chi connectivity index (χ3n) is 3.45. The van der Waals surface area contributed by atoms with E-state index >= 15 is 0 Å². The third kappa shape index (κ3) is 4.49. The fourth-order valence-electron chi connectivity index (χ4n) is 2.22. The summed E-state index contributed by atoms with van der Waals surface area (Å²) < 4.78 is 5.14. The van der Waals surface area contributed by atoms with Crippen LogP contribution in [0.5, 0.6) is 5.75 Å². The Balaban J connectivity index is 1.67. The van der Waals surface area contributed by atoms with Crippen LogP contribution in [0.3, 0.4) is 0 Å². The van der Waals surface area contributed by atoms with Gasteiger partial charge in [-0.15, -0.1) is 0 Å². The minimum atomic E-state index is -0.241. The summed E-state index contributed by atoms with van der Waals surface area (Å²) in [6.45, 7) is 0. The van der Waals surface area contributed by atoms with Crippen molar-refractivity contribution in [1.29, 1.82) is 0 Å². The number of amides is 1. The number of hydrogen-bond donors (Lipinski definition) is 2. The molecule has 6 heteroatoms. The van der Waals surface area contributed by atoms with Gasteiger partial charge in [0.25, 0.3) is 5.91 Å². The Morgan fingerprint density at radius 3 is 2.56 bits per heavy atom. The number of ether oxygens (including phenoxy) is 1. The second-order valence-corrected chi connectivity index (χ2v) is 5.69. The number of methoxy groups -OCH3 is 1. The molecule has 0 atom stereocenters. The lowest BCUT2D eigenvalue weighted by atomic mass is 10.2. The summed E-state index contributed by atoms with van der Waals surface area (Å²) in [5.74, 6) is 1.06. The number of benzene rings is 2. The average Bonchev–Trinajstić information content (AvgIpc) is 2.62. The van der Waals surface area contributed by atoms with Gasteiger partial charge in [0.2, 0.25) is 0 Å². The maximum atomic E-state index is 12.3. The molecule has 0 radical (unpaired) electrons. The maximum absolute atomic E-state index is 12.3. The van der Waals surface area contributed by atoms with E-state index in [0.717, 1.165) is 5.69 Å². The van der Waals surface area contributed by atoms with E-state index in [4.69, 9.17) is 16.3 Å². The van der Waals surface area contributed by atoms with Gasteiger partial charge in [-0.3, -0.25) is 4.79 Å². The zero-order valence-corrected chi connectivity index (χ0v) is 14.2. The van der Waals surface area contributed by atoms with Crippen LogP contribution in [-0.2, 0) is 0 Å². The molecule has 1 heterocycles. The predicted octanol–water partition coefficient (Wildman–Crippen LogP) is 4.74. The first-order valence-corrected chi connectivity index (χ1v) is 7.96. The first-order chi connectivity index (χ1) is 12.1. The monoisotopic (exact) mass is 353 g/mol. The normalized spacial score (nSPS) is 10.2. The number of nitrogens with one attached hydrogen (secondary N) is 2. The number of carbonyl (C=O) groups excluding carboxylic acids is 1. The quantitative estimate of drug-likeness (QED) is 0.695. The number of aromatic nitrogens is 1. The molecule has 0 fully saturated rings. The van der Waals surface area contributed by atoms with Crippen molar-refractivity contribution in [2.75, 3.05) is 17.7 Å². The zero-order chi connectivity index (χ0) is 17.6. The molecule has 126 valence electrons. The van der Waals surface area contributed by atoms with Gasteiger partial charge in [-0.2, -0.15) is 0 Å². The van der Waals surface area contributed by atoms with Crippen LogP contribution in [0.1, 0.15) is 10.4 Å². The Bertz CT molecular complexity index is 882. The van der Waals surface area contributed by atoms with Gasteiger partial charge in [0.15, 0.2) is 0 Å². The van der Waals surface area contributed by atoms with Crippen molar-refractivity contribution >= 4 is 34.7 Å². The summed E-state index contributed by atoms with van der Waals surface area (Å²) in [6.07, 6.45) is 1.52. The number of hydrogen-bond acceptors (Lipinski definition) is 4. The average molecular weight is 354 g/mol. The van der Waals surface area contributed by atoms with E-state index in [1.54, 1.807) is 43.5 Å². The number of anilines is 3. The molecule has 3 aromatic rings. The molecule has 5 nitrogen and oxygen atoms in total. The lowest BCUT2D eigenvalue weighted by Crippen LogP contribution is -2.12. The second kappa shape index (κ2) is 7.68. The third-order valence-corrected chi connectivity index (χ3v) is 3.69. The minimum absolute atomic E-state index is 0.241. The molecule has 2 aromatic carbocycles. The van der Waals surface area contributed by atoms with Gasteiger partial charge < -0.3 is 15.4 Å². The van der Waals surface area contributed by atoms with E-state index in [0.29, 0.717) is 27.8 Å². The number of nitrogens with zero attached hydrogens (tertiary/aromatic N) is 1. The van der Waals surface area contributed by atoms with Crippen molar-refractivity contribution in [3.63, 3.8) is 0 Å². The molecule has 0 aliphatic rings. The molecule has 0 aliphatic heterocycles. The first-order valence-electron chi connectivity index (χ1n) is 7.58. The highest BCUT2D eigenvalue weighted by Gasteiger charge is 2.07. The van der Waals surface area contributed by atoms with E-state index in [9.17, 15) is 4.79 Å². The lowest BCUT2D eigenvalue weighted by Gasteiger charge is -2.08. The second-order valence-electron chi connectivity index (χ2n) is 5.25. The highest BCUT2D eigenvalue weighted by Crippen LogP contribution is 2.20. The fourth-order valence-corrected chi connectivity index (χ4v) is 2.41. The molecule has 0 saturated heterocycles. The predicted molar refractivity (Wildman–Crippen MR) is 99.9 cm³/mol. The van der Waals surface area contributed by atoms with Crippen LogP contribution in [-0.4, -0.2) is 18.0 Å². The van der Waals surface area contributed by atoms with Crippen LogP contribution >= 0.6 is 11.6 Å². The van der Waals surface area contributed by atoms with Crippen LogP contribution in [0.4, 0.5) is 17.2 Å². The van der Waals surface area contributed by atoms with Crippen molar-refractivity contribution < 1.29 is 9.53 Å². The number of carbonyl (C=O) groups is 1. The Labute approximate surface area is 150 Å². The van der Waals surface area contributed by atoms with Crippen molar-refractivity contribution in [2.24, 2.45) is 0 Å². The molecule has 1 aromatic heterocycles. The summed E-state index contributed by atoms with van der Waals surface area (Å²) in [4.78, 5) is 16.6. The largest absolute Gasteiger partial charge is 0.497 e. The van der Waals surface area contributed by atoms with E-state index in [1.807, 2.05) is 24.3 Å². The van der Waals surface area contributed by atoms with Gasteiger partial charge in [0.1, 0.15) is 11.6 Å². The molecule has 3 rings (SSSR count). The smallest absolute Gasteiger partial charge is 0.257 e. The molecule has 0 saturated carbocycles. The van der Waals surface area contributed by atoms with Crippen molar-refractivity contribution in [3.05, 3.63) is 77.4 Å². The van der Waals surface area contributed by atoms with E-state index < -0.39 is 0 Å². The summed E-state index contributed by atoms with van der Waals surface area (Å²) in [6, 6.07) is 17.9. The first kappa shape index (κ1) is 16.8. The van der Waals surface area contributed by atoms with Gasteiger partial charge in [0, 0.05) is 28.7 Å². The van der Waals surface area contributed by atoms with Crippen molar-refractivity contribution in [1.82, 2.24) is 4.98 Å². The molecule has 2 N–H and O–H groups in total. The molecule has 0 aliphatic carbocycles. The Morgan fingerprint density at radius 2 is 1.84 bits per heavy atom. The number of rotatable bonds is 5. The van der Waals surface area contributed by atoms with E-state index in [1.165, 1.54) is 6.20 Å². The van der Waals surface area contributed by atoms with Crippen LogP contribution in [0, 0.1) is 0 Å². The van der Waals surface area contributed by atoms with Crippen molar-refractivity contribution in [2.45, 2.75) is 0 Å². The fraction of sp³-hybridized carbons (Fsp3) is 0.0526. The van der Waals surface area contributed by atoms with Gasteiger partial charge >= 0.3 is 0 Å². The van der Waals surface area contributed by atoms with E-state index in [2.05, 4.69) is 15.6 Å². The molecular weight excluding hydrogens is 338 g/mol. The van der Waals surface area contributed by atoms with Gasteiger partial charge in [-0.1, -0.05) is 23.7 Å². The Morgan fingerprint density at radius 1 is 1.04 bits per heavy atom. The lowest BCUT2D eigenvalue weighted by molar-refractivity contribution is 0.102. The van der Waals surface area contributed by atoms with Crippen molar-refractivity contribution in [3.8, 4) is 5.75 Å². The summed E-state index contributed by atoms with van der Waals surface area (Å²) in [5.41, 5.74) is 1.94. The van der Waals surface area contributed by atoms with Gasteiger partial charge in [0.05, 0.1) is 12.7 Å². The molecule has 0 unspecified atom stereocenters. The summed E-state index contributed by atoms with van der Waals surface area (Å²) in [7, 11) is 1.58. The standard InChI is InChI=1S/C19H16ClN3O2/c1-25-17-7-3-6-16(11-17)23-19(24)13-8-9-18(21-12-13)22-15-5-2-4-14(20)10-15/h2-12H,1H3,(H,21,22)(H,23,24). The summed E-state index contributed by atoms with van der Waals surface area (Å²) in [5, 5.41) is 6.58. The number of pyridine rings is 1. The van der Waals surface area contributed by atoms with Crippen LogP contribution in [0.25, 0.3) is 0 Å². The SMILES string of the molecule is COc1cccc(NC(=O)c2ccc(Nc3cccc(Cl)c3)nc2)c1. The minimum Gasteiger partial charge on any atom is -0.497 e. The molecule has 25 heavy (non-hydrogen) atoms. The van der Waals surface area contributed by atoms with Gasteiger partial charge in [-0.25, -0.2) is 4.98 Å². The topological polar surface area (TPSA) is 63.2 Å². The van der Waals surface area contributed by atoms with Crippen LogP contribution < -0.4 is 15.4 Å². The summed E-state index contributed by atoms with van der Waals surface area (Å²) >= 11 is 5.95. The Hall–Kier alpha value is -3.05. The highest BCUT2D eigenvalue weighted by atomic mass is 35.5. The number of halogens is 1.